The molecule has 0 fully saturated rings. The van der Waals surface area contributed by atoms with Crippen molar-refractivity contribution in [1.82, 2.24) is 9.97 Å². The fourth-order valence-electron chi connectivity index (χ4n) is 1.92. The van der Waals surface area contributed by atoms with Gasteiger partial charge in [0, 0.05) is 7.11 Å². The van der Waals surface area contributed by atoms with E-state index in [0.29, 0.717) is 4.64 Å². The van der Waals surface area contributed by atoms with Crippen molar-refractivity contribution in [3.05, 3.63) is 45.3 Å². The summed E-state index contributed by atoms with van der Waals surface area (Å²) in [6.45, 7) is 4.07. The van der Waals surface area contributed by atoms with Crippen LogP contribution in [0.15, 0.2) is 34.8 Å². The highest BCUT2D eigenvalue weighted by atomic mass is 79.9. The molecule has 20 heavy (non-hydrogen) atoms. The van der Waals surface area contributed by atoms with Gasteiger partial charge in [0.05, 0.1) is 10.2 Å². The number of halogens is 1. The standard InChI is InChI=1S/C15H17BrN2OS/c1-4-15(2,19-3)14-17-12(11(16)13(20)18-14)10-8-6-5-7-9-10/h5-9H,4H2,1-3H3,(H,17,18,20). The topological polar surface area (TPSA) is 37.9 Å². The first kappa shape index (κ1) is 15.4. The van der Waals surface area contributed by atoms with Crippen LogP contribution in [-0.4, -0.2) is 17.1 Å². The predicted molar refractivity (Wildman–Crippen MR) is 87.2 cm³/mol. The molecular weight excluding hydrogens is 336 g/mol. The van der Waals surface area contributed by atoms with E-state index < -0.39 is 5.60 Å². The Hall–Kier alpha value is -1.04. The molecule has 0 bridgehead atoms. The van der Waals surface area contributed by atoms with Gasteiger partial charge in [-0.3, -0.25) is 0 Å². The first-order valence-electron chi connectivity index (χ1n) is 6.42. The van der Waals surface area contributed by atoms with E-state index in [1.807, 2.05) is 37.3 Å². The molecule has 1 N–H and O–H groups in total. The minimum absolute atomic E-state index is 0.474. The molecule has 0 aliphatic rings. The highest BCUT2D eigenvalue weighted by Crippen LogP contribution is 2.31. The molecule has 2 aromatic rings. The summed E-state index contributed by atoms with van der Waals surface area (Å²) in [5.74, 6) is 0.745. The van der Waals surface area contributed by atoms with Crippen molar-refractivity contribution in [2.75, 3.05) is 7.11 Å². The summed E-state index contributed by atoms with van der Waals surface area (Å²) in [6, 6.07) is 10.0. The van der Waals surface area contributed by atoms with Crippen LogP contribution < -0.4 is 0 Å². The molecule has 0 saturated carbocycles. The van der Waals surface area contributed by atoms with Crippen LogP contribution in [0.1, 0.15) is 26.1 Å². The minimum atomic E-state index is -0.474. The largest absolute Gasteiger partial charge is 0.371 e. The maximum Gasteiger partial charge on any atom is 0.144 e. The lowest BCUT2D eigenvalue weighted by Crippen LogP contribution is -2.26. The van der Waals surface area contributed by atoms with Gasteiger partial charge in [0.1, 0.15) is 16.1 Å². The van der Waals surface area contributed by atoms with Crippen LogP contribution in [0.3, 0.4) is 0 Å². The molecule has 0 aliphatic heterocycles. The summed E-state index contributed by atoms with van der Waals surface area (Å²) in [5, 5.41) is 0. The Morgan fingerprint density at radius 3 is 2.55 bits per heavy atom. The number of methoxy groups -OCH3 is 1. The number of hydrogen-bond acceptors (Lipinski definition) is 3. The van der Waals surface area contributed by atoms with Crippen molar-refractivity contribution < 1.29 is 4.74 Å². The Morgan fingerprint density at radius 1 is 1.35 bits per heavy atom. The van der Waals surface area contributed by atoms with E-state index in [1.165, 1.54) is 0 Å². The van der Waals surface area contributed by atoms with E-state index >= 15 is 0 Å². The van der Waals surface area contributed by atoms with Crippen LogP contribution in [0.25, 0.3) is 11.3 Å². The molecule has 1 aromatic carbocycles. The van der Waals surface area contributed by atoms with Crippen molar-refractivity contribution >= 4 is 28.1 Å². The van der Waals surface area contributed by atoms with Crippen LogP contribution >= 0.6 is 28.1 Å². The van der Waals surface area contributed by atoms with Gasteiger partial charge in [0.25, 0.3) is 0 Å². The van der Waals surface area contributed by atoms with Crippen LogP contribution in [0, 0.1) is 4.64 Å². The van der Waals surface area contributed by atoms with Gasteiger partial charge in [-0.1, -0.05) is 49.5 Å². The SMILES string of the molecule is CCC(C)(OC)c1nc(=S)c(Br)c(-c2ccccc2)[nH]1. The van der Waals surface area contributed by atoms with E-state index in [2.05, 4.69) is 32.8 Å². The number of H-pyrrole nitrogens is 1. The molecule has 3 nitrogen and oxygen atoms in total. The first-order chi connectivity index (χ1) is 9.51. The summed E-state index contributed by atoms with van der Waals surface area (Å²) in [7, 11) is 1.69. The molecule has 0 amide bonds. The molecule has 1 aromatic heterocycles. The molecular formula is C15H17BrN2OS. The van der Waals surface area contributed by atoms with Gasteiger partial charge < -0.3 is 9.72 Å². The van der Waals surface area contributed by atoms with Gasteiger partial charge in [-0.2, -0.15) is 0 Å². The molecule has 0 spiro atoms. The average molecular weight is 353 g/mol. The normalized spacial score (nSPS) is 14.0. The zero-order valence-electron chi connectivity index (χ0n) is 11.7. The zero-order chi connectivity index (χ0) is 14.8. The summed E-state index contributed by atoms with van der Waals surface area (Å²) in [6.07, 6.45) is 0.803. The van der Waals surface area contributed by atoms with E-state index in [1.54, 1.807) is 7.11 Å². The maximum atomic E-state index is 5.60. The van der Waals surface area contributed by atoms with Crippen molar-refractivity contribution in [2.24, 2.45) is 0 Å². The lowest BCUT2D eigenvalue weighted by Gasteiger charge is -2.26. The van der Waals surface area contributed by atoms with E-state index in [9.17, 15) is 0 Å². The summed E-state index contributed by atoms with van der Waals surface area (Å²) in [4.78, 5) is 7.82. The highest BCUT2D eigenvalue weighted by Gasteiger charge is 2.27. The smallest absolute Gasteiger partial charge is 0.144 e. The van der Waals surface area contributed by atoms with Gasteiger partial charge in [-0.25, -0.2) is 4.98 Å². The van der Waals surface area contributed by atoms with Crippen molar-refractivity contribution in [2.45, 2.75) is 25.9 Å². The third kappa shape index (κ3) is 2.85. The van der Waals surface area contributed by atoms with E-state index in [-0.39, 0.29) is 0 Å². The van der Waals surface area contributed by atoms with Crippen molar-refractivity contribution in [1.29, 1.82) is 0 Å². The lowest BCUT2D eigenvalue weighted by atomic mass is 10.0. The Kier molecular flexibility index (Phi) is 4.73. The minimum Gasteiger partial charge on any atom is -0.371 e. The molecule has 5 heteroatoms. The second kappa shape index (κ2) is 6.16. The predicted octanol–water partition coefficient (Wildman–Crippen LogP) is 4.84. The van der Waals surface area contributed by atoms with Crippen LogP contribution in [-0.2, 0) is 10.3 Å². The zero-order valence-corrected chi connectivity index (χ0v) is 14.1. The van der Waals surface area contributed by atoms with Gasteiger partial charge in [-0.15, -0.1) is 0 Å². The monoisotopic (exact) mass is 352 g/mol. The Bertz CT molecular complexity index is 651. The number of rotatable bonds is 4. The summed E-state index contributed by atoms with van der Waals surface area (Å²) < 4.78 is 6.94. The van der Waals surface area contributed by atoms with Crippen LogP contribution in [0.4, 0.5) is 0 Å². The van der Waals surface area contributed by atoms with Gasteiger partial charge in [-0.05, 0) is 34.8 Å². The number of ether oxygens (including phenoxy) is 1. The molecule has 1 atom stereocenters. The third-order valence-corrected chi connectivity index (χ3v) is 4.88. The lowest BCUT2D eigenvalue weighted by molar-refractivity contribution is -0.00900. The Morgan fingerprint density at radius 2 is 2.00 bits per heavy atom. The van der Waals surface area contributed by atoms with E-state index in [0.717, 1.165) is 28.0 Å². The summed E-state index contributed by atoms with van der Waals surface area (Å²) >= 11 is 8.88. The Balaban J connectivity index is 2.66. The molecule has 1 heterocycles. The number of nitrogens with zero attached hydrogens (tertiary/aromatic N) is 1. The van der Waals surface area contributed by atoms with Crippen molar-refractivity contribution in [3.8, 4) is 11.3 Å². The van der Waals surface area contributed by atoms with Crippen LogP contribution in [0.2, 0.25) is 0 Å². The summed E-state index contributed by atoms with van der Waals surface area (Å²) in [5.41, 5.74) is 1.51. The van der Waals surface area contributed by atoms with Gasteiger partial charge >= 0.3 is 0 Å². The molecule has 2 rings (SSSR count). The number of aromatic nitrogens is 2. The van der Waals surface area contributed by atoms with E-state index in [4.69, 9.17) is 17.0 Å². The Labute approximate surface area is 132 Å². The first-order valence-corrected chi connectivity index (χ1v) is 7.63. The fraction of sp³-hybridized carbons (Fsp3) is 0.333. The number of aromatic amines is 1. The molecule has 0 saturated heterocycles. The molecule has 106 valence electrons. The highest BCUT2D eigenvalue weighted by molar-refractivity contribution is 9.10. The molecule has 0 aliphatic carbocycles. The quantitative estimate of drug-likeness (QED) is 0.800. The second-order valence-electron chi connectivity index (χ2n) is 4.73. The van der Waals surface area contributed by atoms with Crippen molar-refractivity contribution in [3.63, 3.8) is 0 Å². The fourth-order valence-corrected chi connectivity index (χ4v) is 2.53. The number of nitrogens with one attached hydrogen (secondary N) is 1. The third-order valence-electron chi connectivity index (χ3n) is 3.55. The number of hydrogen-bond donors (Lipinski definition) is 1. The molecule has 0 radical (unpaired) electrons. The second-order valence-corrected chi connectivity index (χ2v) is 5.91. The van der Waals surface area contributed by atoms with Crippen LogP contribution in [0.5, 0.6) is 0 Å². The van der Waals surface area contributed by atoms with Gasteiger partial charge in [0.15, 0.2) is 0 Å². The maximum absolute atomic E-state index is 5.60. The average Bonchev–Trinajstić information content (AvgIpc) is 2.50. The van der Waals surface area contributed by atoms with Gasteiger partial charge in [0.2, 0.25) is 0 Å². The number of benzene rings is 1. The molecule has 1 unspecified atom stereocenters.